The maximum absolute atomic E-state index is 14.5. The van der Waals surface area contributed by atoms with E-state index in [1.54, 1.807) is 17.2 Å². The van der Waals surface area contributed by atoms with Gasteiger partial charge in [-0.25, -0.2) is 23.1 Å². The van der Waals surface area contributed by atoms with Gasteiger partial charge < -0.3 is 19.6 Å². The number of anilines is 1. The molecule has 4 heterocycles. The molecule has 3 aromatic rings. The third-order valence-corrected chi connectivity index (χ3v) is 6.45. The number of fused-ring (bicyclic) bond motifs is 1. The van der Waals surface area contributed by atoms with E-state index < -0.39 is 23.9 Å². The number of amides is 1. The van der Waals surface area contributed by atoms with Gasteiger partial charge in [-0.05, 0) is 37.1 Å². The van der Waals surface area contributed by atoms with Crippen molar-refractivity contribution in [3.8, 4) is 0 Å². The molecule has 0 saturated carbocycles. The SMILES string of the molecule is O=C(O)OC1CCN(C(=O)c2cnn3ccc(N4CCC[C@@H]4c4cc(F)ccc4F)nc23)CC1. The molecule has 1 aromatic carbocycles. The monoisotopic (exact) mass is 471 g/mol. The molecule has 2 fully saturated rings. The number of aromatic nitrogens is 3. The summed E-state index contributed by atoms with van der Waals surface area (Å²) >= 11 is 0. The minimum atomic E-state index is -1.32. The van der Waals surface area contributed by atoms with E-state index in [-0.39, 0.29) is 17.5 Å². The largest absolute Gasteiger partial charge is 0.506 e. The molecule has 1 atom stereocenters. The third kappa shape index (κ3) is 4.13. The van der Waals surface area contributed by atoms with E-state index in [1.807, 2.05) is 4.90 Å². The molecule has 0 aliphatic carbocycles. The van der Waals surface area contributed by atoms with E-state index in [2.05, 4.69) is 10.1 Å². The van der Waals surface area contributed by atoms with Crippen molar-refractivity contribution in [2.45, 2.75) is 37.8 Å². The summed E-state index contributed by atoms with van der Waals surface area (Å²) in [5.41, 5.74) is 0.986. The molecule has 2 aromatic heterocycles. The molecule has 2 aliphatic heterocycles. The molecule has 2 saturated heterocycles. The molecule has 11 heteroatoms. The smallest absolute Gasteiger partial charge is 0.450 e. The minimum Gasteiger partial charge on any atom is -0.450 e. The number of benzene rings is 1. The zero-order chi connectivity index (χ0) is 23.8. The van der Waals surface area contributed by atoms with E-state index in [0.717, 1.165) is 18.6 Å². The van der Waals surface area contributed by atoms with Gasteiger partial charge in [0.15, 0.2) is 5.65 Å². The predicted molar refractivity (Wildman–Crippen MR) is 117 cm³/mol. The van der Waals surface area contributed by atoms with Crippen molar-refractivity contribution in [2.24, 2.45) is 0 Å². The van der Waals surface area contributed by atoms with Gasteiger partial charge in [0.1, 0.15) is 29.1 Å². The van der Waals surface area contributed by atoms with Gasteiger partial charge in [0.2, 0.25) is 0 Å². The number of carboxylic acid groups (broad SMARTS) is 1. The summed E-state index contributed by atoms with van der Waals surface area (Å²) in [7, 11) is 0. The van der Waals surface area contributed by atoms with Crippen LogP contribution in [0.5, 0.6) is 0 Å². The Balaban J connectivity index is 1.39. The molecule has 1 amide bonds. The standard InChI is InChI=1S/C23H23F2N5O4/c24-14-3-4-18(25)16(12-14)19-2-1-8-29(19)20-7-11-30-21(27-20)17(13-26-30)22(31)28-9-5-15(6-10-28)34-23(32)33/h3-4,7,11-13,15,19H,1-2,5-6,8-10H2,(H,32,33)/t19-/m1/s1. The third-order valence-electron chi connectivity index (χ3n) is 6.45. The van der Waals surface area contributed by atoms with Crippen molar-refractivity contribution in [3.05, 3.63) is 59.4 Å². The average Bonchev–Trinajstić information content (AvgIpc) is 3.47. The number of rotatable bonds is 4. The Hall–Kier alpha value is -3.76. The Kier molecular flexibility index (Phi) is 5.76. The van der Waals surface area contributed by atoms with Gasteiger partial charge in [-0.3, -0.25) is 4.79 Å². The second-order valence-corrected chi connectivity index (χ2v) is 8.50. The van der Waals surface area contributed by atoms with E-state index in [1.165, 1.54) is 16.8 Å². The fourth-order valence-electron chi connectivity index (χ4n) is 4.79. The molecule has 5 rings (SSSR count). The summed E-state index contributed by atoms with van der Waals surface area (Å²) in [6.07, 6.45) is 3.71. The van der Waals surface area contributed by atoms with Crippen LogP contribution in [0.2, 0.25) is 0 Å². The van der Waals surface area contributed by atoms with Crippen LogP contribution in [-0.2, 0) is 4.74 Å². The Morgan fingerprint density at radius 1 is 1.09 bits per heavy atom. The Bertz CT molecular complexity index is 1240. The summed E-state index contributed by atoms with van der Waals surface area (Å²) in [6.45, 7) is 1.35. The molecule has 0 spiro atoms. The maximum Gasteiger partial charge on any atom is 0.506 e. The summed E-state index contributed by atoms with van der Waals surface area (Å²) in [6, 6.07) is 4.85. The molecule has 0 radical (unpaired) electrons. The topological polar surface area (TPSA) is 100 Å². The number of nitrogens with zero attached hydrogens (tertiary/aromatic N) is 5. The lowest BCUT2D eigenvalue weighted by Gasteiger charge is -2.30. The summed E-state index contributed by atoms with van der Waals surface area (Å²) in [5, 5.41) is 13.0. The average molecular weight is 471 g/mol. The van der Waals surface area contributed by atoms with Crippen LogP contribution in [0.4, 0.5) is 19.4 Å². The van der Waals surface area contributed by atoms with Gasteiger partial charge in [0, 0.05) is 44.2 Å². The van der Waals surface area contributed by atoms with Gasteiger partial charge in [0.25, 0.3) is 5.91 Å². The molecule has 2 aliphatic rings. The van der Waals surface area contributed by atoms with Crippen LogP contribution in [0.25, 0.3) is 5.65 Å². The highest BCUT2D eigenvalue weighted by molar-refractivity contribution is 5.99. The molecule has 0 unspecified atom stereocenters. The Morgan fingerprint density at radius 2 is 1.88 bits per heavy atom. The lowest BCUT2D eigenvalue weighted by molar-refractivity contribution is 0.0199. The summed E-state index contributed by atoms with van der Waals surface area (Å²) < 4.78 is 34.6. The molecule has 9 nitrogen and oxygen atoms in total. The number of carbonyl (C=O) groups excluding carboxylic acids is 1. The lowest BCUT2D eigenvalue weighted by Crippen LogP contribution is -2.41. The quantitative estimate of drug-likeness (QED) is 0.580. The molecule has 34 heavy (non-hydrogen) atoms. The number of hydrogen-bond donors (Lipinski definition) is 1. The van der Waals surface area contributed by atoms with E-state index in [4.69, 9.17) is 9.84 Å². The normalized spacial score (nSPS) is 19.1. The van der Waals surface area contributed by atoms with Crippen LogP contribution in [0, 0.1) is 11.6 Å². The van der Waals surface area contributed by atoms with Crippen LogP contribution in [0.1, 0.15) is 47.6 Å². The van der Waals surface area contributed by atoms with Gasteiger partial charge >= 0.3 is 6.16 Å². The zero-order valence-electron chi connectivity index (χ0n) is 18.2. The van der Waals surface area contributed by atoms with Crippen molar-refractivity contribution in [1.29, 1.82) is 0 Å². The number of likely N-dealkylation sites (tertiary alicyclic amines) is 1. The van der Waals surface area contributed by atoms with Crippen LogP contribution in [0.15, 0.2) is 36.7 Å². The molecule has 1 N–H and O–H groups in total. The summed E-state index contributed by atoms with van der Waals surface area (Å²) in [5.74, 6) is -0.646. The van der Waals surface area contributed by atoms with Crippen LogP contribution < -0.4 is 4.90 Å². The number of halogens is 2. The lowest BCUT2D eigenvalue weighted by atomic mass is 10.0. The van der Waals surface area contributed by atoms with Gasteiger partial charge in [0.05, 0.1) is 12.2 Å². The van der Waals surface area contributed by atoms with Crippen molar-refractivity contribution < 1.29 is 28.2 Å². The number of hydrogen-bond acceptors (Lipinski definition) is 6. The van der Waals surface area contributed by atoms with E-state index >= 15 is 0 Å². The van der Waals surface area contributed by atoms with Crippen LogP contribution in [-0.4, -0.2) is 62.4 Å². The second kappa shape index (κ2) is 8.88. The minimum absolute atomic E-state index is 0.248. The van der Waals surface area contributed by atoms with Crippen molar-refractivity contribution >= 4 is 23.5 Å². The Morgan fingerprint density at radius 3 is 2.65 bits per heavy atom. The van der Waals surface area contributed by atoms with E-state index in [0.29, 0.717) is 55.9 Å². The fraction of sp³-hybridized carbons (Fsp3) is 0.391. The first-order valence-electron chi connectivity index (χ1n) is 11.2. The molecular weight excluding hydrogens is 448 g/mol. The summed E-state index contributed by atoms with van der Waals surface area (Å²) in [4.78, 5) is 32.1. The molecule has 0 bridgehead atoms. The van der Waals surface area contributed by atoms with E-state index in [9.17, 15) is 18.4 Å². The zero-order valence-corrected chi connectivity index (χ0v) is 18.2. The highest BCUT2D eigenvalue weighted by Gasteiger charge is 2.31. The first kappa shape index (κ1) is 22.1. The maximum atomic E-state index is 14.5. The predicted octanol–water partition coefficient (Wildman–Crippen LogP) is 3.65. The van der Waals surface area contributed by atoms with Gasteiger partial charge in [-0.1, -0.05) is 0 Å². The first-order chi connectivity index (χ1) is 16.4. The number of piperidine rings is 1. The molecular formula is C23H23F2N5O4. The van der Waals surface area contributed by atoms with Gasteiger partial charge in [-0.2, -0.15) is 5.10 Å². The van der Waals surface area contributed by atoms with Crippen LogP contribution in [0.3, 0.4) is 0 Å². The van der Waals surface area contributed by atoms with Crippen molar-refractivity contribution in [3.63, 3.8) is 0 Å². The Labute approximate surface area is 193 Å². The highest BCUT2D eigenvalue weighted by atomic mass is 19.1. The first-order valence-corrected chi connectivity index (χ1v) is 11.2. The number of ether oxygens (including phenoxy) is 1. The molecule has 178 valence electrons. The van der Waals surface area contributed by atoms with Crippen molar-refractivity contribution in [1.82, 2.24) is 19.5 Å². The highest BCUT2D eigenvalue weighted by Crippen LogP contribution is 2.37. The number of carbonyl (C=O) groups is 2. The second-order valence-electron chi connectivity index (χ2n) is 8.50. The fourth-order valence-corrected chi connectivity index (χ4v) is 4.79. The van der Waals surface area contributed by atoms with Crippen molar-refractivity contribution in [2.75, 3.05) is 24.5 Å². The van der Waals surface area contributed by atoms with Gasteiger partial charge in [-0.15, -0.1) is 0 Å². The van der Waals surface area contributed by atoms with Crippen LogP contribution >= 0.6 is 0 Å².